The summed E-state index contributed by atoms with van der Waals surface area (Å²) in [4.78, 5) is 0. The van der Waals surface area contributed by atoms with Crippen LogP contribution in [-0.2, 0) is 0 Å². The van der Waals surface area contributed by atoms with Crippen molar-refractivity contribution in [2.24, 2.45) is 5.10 Å². The van der Waals surface area contributed by atoms with E-state index in [4.69, 9.17) is 0 Å². The van der Waals surface area contributed by atoms with Crippen LogP contribution in [0.3, 0.4) is 0 Å². The molecule has 0 saturated carbocycles. The van der Waals surface area contributed by atoms with Gasteiger partial charge in [-0.05, 0) is 0 Å². The number of hydrogen-bond donors (Lipinski definition) is 1. The zero-order valence-electron chi connectivity index (χ0n) is 9.43. The van der Waals surface area contributed by atoms with Crippen molar-refractivity contribution in [3.63, 3.8) is 0 Å². The van der Waals surface area contributed by atoms with Crippen LogP contribution in [-0.4, -0.2) is 31.3 Å². The average molecular weight is 238 g/mol. The van der Waals surface area contributed by atoms with Gasteiger partial charge in [-0.2, -0.15) is 10.2 Å². The Morgan fingerprint density at radius 2 is 1.89 bits per heavy atom. The Morgan fingerprint density at radius 3 is 2.67 bits per heavy atom. The van der Waals surface area contributed by atoms with Gasteiger partial charge in [0.2, 0.25) is 0 Å². The van der Waals surface area contributed by atoms with Crippen LogP contribution in [0, 0.1) is 0 Å². The third-order valence-electron chi connectivity index (χ3n) is 2.47. The molecular formula is C12H10N6. The zero-order valence-corrected chi connectivity index (χ0v) is 9.43. The minimum Gasteiger partial charge on any atom is -0.277 e. The highest BCUT2D eigenvalue weighted by molar-refractivity contribution is 5.88. The summed E-state index contributed by atoms with van der Waals surface area (Å²) in [6, 6.07) is 9.98. The van der Waals surface area contributed by atoms with E-state index < -0.39 is 0 Å². The van der Waals surface area contributed by atoms with E-state index in [0.717, 1.165) is 16.8 Å². The zero-order chi connectivity index (χ0) is 12.2. The van der Waals surface area contributed by atoms with Crippen molar-refractivity contribution in [3.8, 4) is 11.3 Å². The fourth-order valence-electron chi connectivity index (χ4n) is 1.61. The Morgan fingerprint density at radius 1 is 1.11 bits per heavy atom. The maximum atomic E-state index is 4.20. The first-order valence-electron chi connectivity index (χ1n) is 5.41. The number of benzene rings is 1. The van der Waals surface area contributed by atoms with Gasteiger partial charge in [-0.25, -0.2) is 4.68 Å². The predicted octanol–water partition coefficient (Wildman–Crippen LogP) is 1.55. The minimum atomic E-state index is 0.912. The first-order chi connectivity index (χ1) is 8.93. The summed E-state index contributed by atoms with van der Waals surface area (Å²) in [6.07, 6.45) is 6.50. The molecule has 0 aliphatic rings. The summed E-state index contributed by atoms with van der Waals surface area (Å²) in [6.45, 7) is 0. The van der Waals surface area contributed by atoms with Gasteiger partial charge in [0.25, 0.3) is 0 Å². The molecule has 0 aliphatic heterocycles. The molecule has 3 rings (SSSR count). The lowest BCUT2D eigenvalue weighted by atomic mass is 10.1. The molecule has 0 unspecified atom stereocenters. The third kappa shape index (κ3) is 2.03. The van der Waals surface area contributed by atoms with E-state index in [0.29, 0.717) is 0 Å². The van der Waals surface area contributed by atoms with Gasteiger partial charge in [0, 0.05) is 11.1 Å². The van der Waals surface area contributed by atoms with Crippen LogP contribution in [0.25, 0.3) is 11.3 Å². The molecule has 0 amide bonds. The Balaban J connectivity index is 1.93. The van der Waals surface area contributed by atoms with E-state index >= 15 is 0 Å². The number of nitrogens with one attached hydrogen (secondary N) is 1. The van der Waals surface area contributed by atoms with Crippen molar-refractivity contribution in [1.82, 2.24) is 25.1 Å². The van der Waals surface area contributed by atoms with Crippen molar-refractivity contribution < 1.29 is 0 Å². The van der Waals surface area contributed by atoms with Gasteiger partial charge in [0.05, 0.1) is 18.1 Å². The number of hydrogen-bond acceptors (Lipinski definition) is 4. The number of H-pyrrole nitrogens is 1. The van der Waals surface area contributed by atoms with Crippen LogP contribution in [0.5, 0.6) is 0 Å². The maximum Gasteiger partial charge on any atom is 0.141 e. The molecule has 0 radical (unpaired) electrons. The van der Waals surface area contributed by atoms with Gasteiger partial charge >= 0.3 is 0 Å². The van der Waals surface area contributed by atoms with Crippen LogP contribution in [0.1, 0.15) is 5.56 Å². The van der Waals surface area contributed by atoms with E-state index in [-0.39, 0.29) is 0 Å². The Hall–Kier alpha value is -2.76. The second kappa shape index (κ2) is 4.62. The van der Waals surface area contributed by atoms with Crippen LogP contribution < -0.4 is 0 Å². The highest BCUT2D eigenvalue weighted by atomic mass is 15.4. The van der Waals surface area contributed by atoms with Crippen molar-refractivity contribution in [2.75, 3.05) is 0 Å². The highest BCUT2D eigenvalue weighted by Crippen LogP contribution is 2.18. The number of aromatic amines is 1. The minimum absolute atomic E-state index is 0.912. The third-order valence-corrected chi connectivity index (χ3v) is 2.47. The summed E-state index contributed by atoms with van der Waals surface area (Å²) >= 11 is 0. The molecule has 2 aromatic heterocycles. The molecule has 18 heavy (non-hydrogen) atoms. The van der Waals surface area contributed by atoms with Gasteiger partial charge in [0.15, 0.2) is 0 Å². The fourth-order valence-corrected chi connectivity index (χ4v) is 1.61. The maximum absolute atomic E-state index is 4.20. The summed E-state index contributed by atoms with van der Waals surface area (Å²) in [5.41, 5.74) is 2.92. The first-order valence-corrected chi connectivity index (χ1v) is 5.41. The van der Waals surface area contributed by atoms with Gasteiger partial charge in [-0.1, -0.05) is 30.3 Å². The lowest BCUT2D eigenvalue weighted by molar-refractivity contribution is 0.878. The van der Waals surface area contributed by atoms with Crippen molar-refractivity contribution in [3.05, 3.63) is 54.7 Å². The summed E-state index contributed by atoms with van der Waals surface area (Å²) < 4.78 is 1.53. The van der Waals surface area contributed by atoms with E-state index in [1.807, 2.05) is 30.3 Å². The second-order valence-corrected chi connectivity index (χ2v) is 3.65. The molecule has 0 bridgehead atoms. The molecule has 0 atom stereocenters. The second-order valence-electron chi connectivity index (χ2n) is 3.65. The Bertz CT molecular complexity index is 638. The predicted molar refractivity (Wildman–Crippen MR) is 67.0 cm³/mol. The van der Waals surface area contributed by atoms with Gasteiger partial charge in [0.1, 0.15) is 12.7 Å². The molecule has 6 nitrogen and oxygen atoms in total. The number of rotatable bonds is 3. The van der Waals surface area contributed by atoms with E-state index in [9.17, 15) is 0 Å². The summed E-state index contributed by atoms with van der Waals surface area (Å²) in [5.74, 6) is 0. The normalized spacial score (nSPS) is 11.1. The van der Waals surface area contributed by atoms with E-state index in [1.54, 1.807) is 12.4 Å². The van der Waals surface area contributed by atoms with Crippen molar-refractivity contribution in [2.45, 2.75) is 0 Å². The van der Waals surface area contributed by atoms with Crippen LogP contribution >= 0.6 is 0 Å². The number of aromatic nitrogens is 5. The van der Waals surface area contributed by atoms with Crippen molar-refractivity contribution in [1.29, 1.82) is 0 Å². The van der Waals surface area contributed by atoms with Gasteiger partial charge < -0.3 is 0 Å². The molecule has 88 valence electrons. The summed E-state index contributed by atoms with van der Waals surface area (Å²) in [7, 11) is 0. The monoisotopic (exact) mass is 238 g/mol. The SMILES string of the molecule is C(=N\n1cnnc1)/c1cn[nH]c1-c1ccccc1. The largest absolute Gasteiger partial charge is 0.277 e. The fraction of sp³-hybridized carbons (Fsp3) is 0. The Labute approximate surface area is 103 Å². The molecule has 0 saturated heterocycles. The molecule has 1 N–H and O–H groups in total. The average Bonchev–Trinajstić information content (AvgIpc) is 3.09. The molecule has 2 heterocycles. The van der Waals surface area contributed by atoms with Crippen LogP contribution in [0.2, 0.25) is 0 Å². The van der Waals surface area contributed by atoms with Gasteiger partial charge in [-0.15, -0.1) is 10.2 Å². The van der Waals surface area contributed by atoms with Crippen LogP contribution in [0.4, 0.5) is 0 Å². The molecule has 1 aromatic carbocycles. The molecule has 3 aromatic rings. The highest BCUT2D eigenvalue weighted by Gasteiger charge is 2.04. The summed E-state index contributed by atoms with van der Waals surface area (Å²) in [5, 5.41) is 18.6. The smallest absolute Gasteiger partial charge is 0.141 e. The first kappa shape index (κ1) is 10.4. The lowest BCUT2D eigenvalue weighted by Gasteiger charge is -1.98. The Kier molecular flexibility index (Phi) is 2.67. The molecule has 0 spiro atoms. The van der Waals surface area contributed by atoms with Crippen LogP contribution in [0.15, 0.2) is 54.3 Å². The molecular weight excluding hydrogens is 228 g/mol. The van der Waals surface area contributed by atoms with E-state index in [1.165, 1.54) is 17.3 Å². The topological polar surface area (TPSA) is 71.8 Å². The quantitative estimate of drug-likeness (QED) is 0.704. The number of nitrogens with zero attached hydrogens (tertiary/aromatic N) is 5. The standard InChI is InChI=1S/C12H10N6/c1-2-4-10(5-3-1)12-11(6-13-17-12)7-16-18-8-14-15-9-18/h1-9H,(H,13,17)/b16-7+. The van der Waals surface area contributed by atoms with Crippen molar-refractivity contribution >= 4 is 6.21 Å². The molecule has 6 heteroatoms. The van der Waals surface area contributed by atoms with Gasteiger partial charge in [-0.3, -0.25) is 5.10 Å². The molecule has 0 fully saturated rings. The van der Waals surface area contributed by atoms with E-state index in [2.05, 4.69) is 25.5 Å². The molecule has 0 aliphatic carbocycles. The lowest BCUT2D eigenvalue weighted by Crippen LogP contribution is -1.88.